The van der Waals surface area contributed by atoms with Crippen molar-refractivity contribution in [3.8, 4) is 0 Å². The lowest BCUT2D eigenvalue weighted by molar-refractivity contribution is -0.132. The number of hydrogen-bond donors (Lipinski definition) is 2. The van der Waals surface area contributed by atoms with E-state index < -0.39 is 11.4 Å². The summed E-state index contributed by atoms with van der Waals surface area (Å²) in [5.74, 6) is -0.956. The van der Waals surface area contributed by atoms with Crippen molar-refractivity contribution in [1.82, 2.24) is 5.48 Å². The summed E-state index contributed by atoms with van der Waals surface area (Å²) in [5.41, 5.74) is 5.91. The Morgan fingerprint density at radius 2 is 2.50 bits per heavy atom. The van der Waals surface area contributed by atoms with E-state index in [1.807, 2.05) is 5.48 Å². The second-order valence-electron chi connectivity index (χ2n) is 2.25. The Labute approximate surface area is 57.5 Å². The van der Waals surface area contributed by atoms with Gasteiger partial charge in [0.1, 0.15) is 6.61 Å². The quantitative estimate of drug-likeness (QED) is 0.431. The van der Waals surface area contributed by atoms with Crippen molar-refractivity contribution >= 4 is 11.7 Å². The average Bonchev–Trinajstić information content (AvgIpc) is 2.15. The molecule has 0 aromatic heterocycles. The van der Waals surface area contributed by atoms with Crippen LogP contribution in [0.5, 0.6) is 0 Å². The summed E-state index contributed by atoms with van der Waals surface area (Å²) in [4.78, 5) is 26.0. The van der Waals surface area contributed by atoms with Gasteiger partial charge >= 0.3 is 0 Å². The van der Waals surface area contributed by atoms with Gasteiger partial charge in [0.15, 0.2) is 11.3 Å². The van der Waals surface area contributed by atoms with Crippen LogP contribution in [0, 0.1) is 0 Å². The van der Waals surface area contributed by atoms with E-state index >= 15 is 0 Å². The van der Waals surface area contributed by atoms with Crippen LogP contribution >= 0.6 is 0 Å². The molecule has 1 atom stereocenters. The molecule has 1 aliphatic heterocycles. The zero-order valence-corrected chi connectivity index (χ0v) is 5.51. The van der Waals surface area contributed by atoms with Crippen LogP contribution in [-0.2, 0) is 14.4 Å². The van der Waals surface area contributed by atoms with Crippen LogP contribution < -0.4 is 11.2 Å². The summed E-state index contributed by atoms with van der Waals surface area (Å²) >= 11 is 0. The summed E-state index contributed by atoms with van der Waals surface area (Å²) < 4.78 is 0. The molecule has 0 aromatic rings. The maximum atomic E-state index is 10.8. The number of carbonyl (C=O) groups is 2. The largest absolute Gasteiger partial charge is 0.309 e. The monoisotopic (exact) mass is 144 g/mol. The second kappa shape index (κ2) is 2.03. The van der Waals surface area contributed by atoms with Gasteiger partial charge in [-0.05, 0) is 6.92 Å². The Morgan fingerprint density at radius 3 is 2.70 bits per heavy atom. The summed E-state index contributed by atoms with van der Waals surface area (Å²) in [5, 5.41) is 0. The predicted molar refractivity (Wildman–Crippen MR) is 31.7 cm³/mol. The highest BCUT2D eigenvalue weighted by molar-refractivity contribution is 6.10. The van der Waals surface area contributed by atoms with E-state index in [9.17, 15) is 9.59 Å². The van der Waals surface area contributed by atoms with Crippen LogP contribution in [0.25, 0.3) is 0 Å². The molecule has 1 aliphatic rings. The molecule has 1 saturated heterocycles. The molecule has 1 amide bonds. The minimum atomic E-state index is -1.46. The van der Waals surface area contributed by atoms with Gasteiger partial charge in [-0.2, -0.15) is 0 Å². The van der Waals surface area contributed by atoms with E-state index in [2.05, 4.69) is 4.84 Å². The molecule has 0 aliphatic carbocycles. The van der Waals surface area contributed by atoms with Gasteiger partial charge in [0.05, 0.1) is 0 Å². The molecule has 1 unspecified atom stereocenters. The fraction of sp³-hybridized carbons (Fsp3) is 0.600. The summed E-state index contributed by atoms with van der Waals surface area (Å²) in [7, 11) is 0. The molecule has 5 heteroatoms. The third-order valence-corrected chi connectivity index (χ3v) is 1.50. The summed E-state index contributed by atoms with van der Waals surface area (Å²) in [6, 6.07) is 0. The van der Waals surface area contributed by atoms with Crippen LogP contribution in [0.4, 0.5) is 0 Å². The van der Waals surface area contributed by atoms with Gasteiger partial charge in [-0.15, -0.1) is 0 Å². The third kappa shape index (κ3) is 0.795. The second-order valence-corrected chi connectivity index (χ2v) is 2.25. The molecule has 56 valence electrons. The fourth-order valence-corrected chi connectivity index (χ4v) is 0.634. The van der Waals surface area contributed by atoms with Crippen LogP contribution in [0.2, 0.25) is 0 Å². The molecule has 10 heavy (non-hydrogen) atoms. The van der Waals surface area contributed by atoms with Crippen LogP contribution in [0.15, 0.2) is 0 Å². The smallest absolute Gasteiger partial charge is 0.273 e. The first kappa shape index (κ1) is 7.17. The van der Waals surface area contributed by atoms with Crippen molar-refractivity contribution in [3.05, 3.63) is 0 Å². The Morgan fingerprint density at radius 1 is 1.90 bits per heavy atom. The van der Waals surface area contributed by atoms with Gasteiger partial charge in [0.25, 0.3) is 5.91 Å². The van der Waals surface area contributed by atoms with Crippen molar-refractivity contribution in [1.29, 1.82) is 0 Å². The lowest BCUT2D eigenvalue weighted by Crippen LogP contribution is -2.54. The van der Waals surface area contributed by atoms with Gasteiger partial charge in [0.2, 0.25) is 0 Å². The van der Waals surface area contributed by atoms with Crippen molar-refractivity contribution < 1.29 is 14.4 Å². The molecular weight excluding hydrogens is 136 g/mol. The molecule has 1 rings (SSSR count). The summed E-state index contributed by atoms with van der Waals surface area (Å²) in [6.45, 7) is 1.18. The highest BCUT2D eigenvalue weighted by Gasteiger charge is 2.44. The van der Waals surface area contributed by atoms with E-state index in [-0.39, 0.29) is 12.4 Å². The number of amides is 1. The molecule has 0 aromatic carbocycles. The number of ketones is 1. The van der Waals surface area contributed by atoms with Crippen LogP contribution in [0.1, 0.15) is 6.92 Å². The number of Topliss-reactive ketones (excluding diaryl/α,β-unsaturated/α-hetero) is 1. The van der Waals surface area contributed by atoms with Crippen LogP contribution in [0.3, 0.4) is 0 Å². The number of rotatable bonds is 1. The SMILES string of the molecule is CC(=O)C1(N)CONC1=O. The first-order chi connectivity index (χ1) is 4.57. The van der Waals surface area contributed by atoms with E-state index in [4.69, 9.17) is 5.73 Å². The molecule has 1 heterocycles. The minimum Gasteiger partial charge on any atom is -0.309 e. The Hall–Kier alpha value is -0.940. The highest BCUT2D eigenvalue weighted by atomic mass is 16.7. The zero-order chi connectivity index (χ0) is 7.78. The Kier molecular flexibility index (Phi) is 1.46. The van der Waals surface area contributed by atoms with Crippen molar-refractivity contribution in [2.45, 2.75) is 12.5 Å². The zero-order valence-electron chi connectivity index (χ0n) is 5.51. The van der Waals surface area contributed by atoms with E-state index in [0.717, 1.165) is 0 Å². The Bertz CT molecular complexity index is 191. The van der Waals surface area contributed by atoms with Gasteiger partial charge in [-0.1, -0.05) is 0 Å². The molecular formula is C5H8N2O3. The number of nitrogens with one attached hydrogen (secondary N) is 1. The standard InChI is InChI=1S/C5H8N2O3/c1-3(8)5(6)2-10-7-4(5)9/h2,6H2,1H3,(H,7,9). The first-order valence-electron chi connectivity index (χ1n) is 2.79. The minimum absolute atomic E-state index is 0.0822. The maximum absolute atomic E-state index is 10.8. The maximum Gasteiger partial charge on any atom is 0.273 e. The number of nitrogens with two attached hydrogens (primary N) is 1. The molecule has 0 saturated carbocycles. The molecule has 3 N–H and O–H groups in total. The predicted octanol–water partition coefficient (Wildman–Crippen LogP) is -1.67. The number of carbonyl (C=O) groups excluding carboxylic acids is 2. The fourth-order valence-electron chi connectivity index (χ4n) is 0.634. The van der Waals surface area contributed by atoms with Crippen LogP contribution in [-0.4, -0.2) is 23.8 Å². The normalized spacial score (nSPS) is 32.0. The number of hydroxylamine groups is 1. The average molecular weight is 144 g/mol. The van der Waals surface area contributed by atoms with Crippen molar-refractivity contribution in [2.75, 3.05) is 6.61 Å². The van der Waals surface area contributed by atoms with Gasteiger partial charge < -0.3 is 5.73 Å². The van der Waals surface area contributed by atoms with E-state index in [1.165, 1.54) is 6.92 Å². The van der Waals surface area contributed by atoms with E-state index in [0.29, 0.717) is 0 Å². The molecule has 1 fully saturated rings. The van der Waals surface area contributed by atoms with Gasteiger partial charge in [-0.25, -0.2) is 5.48 Å². The molecule has 0 radical (unpaired) electrons. The van der Waals surface area contributed by atoms with Gasteiger partial charge in [-0.3, -0.25) is 14.4 Å². The first-order valence-corrected chi connectivity index (χ1v) is 2.79. The molecule has 5 nitrogen and oxygen atoms in total. The topological polar surface area (TPSA) is 81.4 Å². The Balaban J connectivity index is 2.86. The number of hydrogen-bond acceptors (Lipinski definition) is 4. The lowest BCUT2D eigenvalue weighted by atomic mass is 9.98. The van der Waals surface area contributed by atoms with E-state index in [1.54, 1.807) is 0 Å². The molecule has 0 bridgehead atoms. The van der Waals surface area contributed by atoms with Gasteiger partial charge in [0, 0.05) is 0 Å². The lowest BCUT2D eigenvalue weighted by Gasteiger charge is -2.12. The third-order valence-electron chi connectivity index (χ3n) is 1.50. The van der Waals surface area contributed by atoms with Crippen molar-refractivity contribution in [2.24, 2.45) is 5.73 Å². The van der Waals surface area contributed by atoms with Crippen molar-refractivity contribution in [3.63, 3.8) is 0 Å². The highest BCUT2D eigenvalue weighted by Crippen LogP contribution is 2.08. The molecule has 0 spiro atoms. The summed E-state index contributed by atoms with van der Waals surface area (Å²) in [6.07, 6.45) is 0.